The average molecular weight is 1090 g/mol. The third kappa shape index (κ3) is 11.0. The Hall–Kier alpha value is -8.03. The number of amides is 5. The van der Waals surface area contributed by atoms with E-state index in [1.54, 1.807) is 37.6 Å². The topological polar surface area (TPSA) is 181 Å². The van der Waals surface area contributed by atoms with Crippen LogP contribution in [0.1, 0.15) is 85.8 Å². The Morgan fingerprint density at radius 2 is 1.56 bits per heavy atom. The Balaban J connectivity index is 0.874. The van der Waals surface area contributed by atoms with E-state index in [1.165, 1.54) is 72.3 Å². The van der Waals surface area contributed by atoms with E-state index in [9.17, 15) is 42.4 Å². The number of thiazole rings is 1. The van der Waals surface area contributed by atoms with Gasteiger partial charge in [0.15, 0.2) is 10.9 Å². The van der Waals surface area contributed by atoms with Gasteiger partial charge in [0.2, 0.25) is 11.8 Å². The highest BCUT2D eigenvalue weighted by molar-refractivity contribution is 7.81. The molecule has 2 atom stereocenters. The zero-order valence-electron chi connectivity index (χ0n) is 42.2. The molecule has 4 aromatic carbocycles. The quantitative estimate of drug-likeness (QED) is 0.0744. The first-order valence-corrected chi connectivity index (χ1v) is 25.3. The molecule has 22 heteroatoms. The van der Waals surface area contributed by atoms with Crippen LogP contribution < -0.4 is 25.8 Å². The van der Waals surface area contributed by atoms with Crippen molar-refractivity contribution >= 4 is 75.3 Å². The zero-order valence-corrected chi connectivity index (χ0v) is 43.8. The van der Waals surface area contributed by atoms with E-state index in [4.69, 9.17) is 12.2 Å². The van der Waals surface area contributed by atoms with Crippen LogP contribution in [0.5, 0.6) is 0 Å². The predicted octanol–water partition coefficient (Wildman–Crippen LogP) is 10.3. The van der Waals surface area contributed by atoms with E-state index >= 15 is 13.2 Å². The number of hydrogen-bond acceptors (Lipinski definition) is 10. The van der Waals surface area contributed by atoms with Crippen LogP contribution in [-0.4, -0.2) is 73.7 Å². The molecule has 8 rings (SSSR count). The van der Waals surface area contributed by atoms with Crippen LogP contribution in [0.25, 0.3) is 21.7 Å². The van der Waals surface area contributed by atoms with Gasteiger partial charge in [-0.05, 0) is 111 Å². The van der Waals surface area contributed by atoms with Crippen molar-refractivity contribution in [3.05, 3.63) is 148 Å². The summed E-state index contributed by atoms with van der Waals surface area (Å²) in [7, 11) is 0. The molecule has 77 heavy (non-hydrogen) atoms. The van der Waals surface area contributed by atoms with Crippen LogP contribution in [0, 0.1) is 29.5 Å². The van der Waals surface area contributed by atoms with Crippen LogP contribution in [-0.2, 0) is 37.8 Å². The fraction of sp³-hybridized carbons (Fsp3) is 0.291. The number of anilines is 3. The lowest BCUT2D eigenvalue weighted by Crippen LogP contribution is -2.57. The number of carbonyl (C=O) groups is 5. The molecule has 2 aromatic heterocycles. The molecule has 2 fully saturated rings. The number of nitrogens with one attached hydrogen (secondary N) is 3. The minimum Gasteiger partial charge on any atom is -0.350 e. The lowest BCUT2D eigenvalue weighted by molar-refractivity contribution is -0.142. The van der Waals surface area contributed by atoms with E-state index < -0.39 is 87.0 Å². The fourth-order valence-corrected chi connectivity index (χ4v) is 10.5. The lowest BCUT2D eigenvalue weighted by Gasteiger charge is -2.35. The molecule has 0 saturated carbocycles. The number of hydrogen-bond donors (Lipinski definition) is 3. The Morgan fingerprint density at radius 1 is 0.896 bits per heavy atom. The van der Waals surface area contributed by atoms with Crippen molar-refractivity contribution < 1.29 is 50.3 Å². The fourth-order valence-electron chi connectivity index (χ4n) is 9.13. The van der Waals surface area contributed by atoms with Gasteiger partial charge in [0.25, 0.3) is 17.7 Å². The molecule has 14 nitrogen and oxygen atoms in total. The SMILES string of the molecule is Cc1ncsc1-c1ccc(CNC(=O)[C@@H]2CCCN2C(=O)[C@@H](NC(=O)c2ccc(C(F)(F)C(=O)Nc3ccc(-c4ccc(N5C(=S)N(c6ccc(C#N)c(C(F)(F)F)c6F)C(=O)C5(C)C)cn4)cc3)cc2)C(C)(C)C)cc1. The molecule has 0 unspecified atom stereocenters. The average Bonchev–Trinajstić information content (AvgIpc) is 4.16. The zero-order chi connectivity index (χ0) is 55.9. The number of nitriles is 1. The number of nitrogens with zero attached hydrogens (tertiary/aromatic N) is 6. The summed E-state index contributed by atoms with van der Waals surface area (Å²) in [5.41, 5.74) is -1.08. The van der Waals surface area contributed by atoms with Crippen molar-refractivity contribution in [1.29, 1.82) is 5.26 Å². The van der Waals surface area contributed by atoms with Crippen LogP contribution in [0.2, 0.25) is 0 Å². The van der Waals surface area contributed by atoms with Crippen molar-refractivity contribution in [3.8, 4) is 27.8 Å². The number of halogens is 6. The number of alkyl halides is 5. The van der Waals surface area contributed by atoms with Crippen LogP contribution in [0.4, 0.5) is 43.4 Å². The largest absolute Gasteiger partial charge is 0.420 e. The predicted molar refractivity (Wildman–Crippen MR) is 281 cm³/mol. The van der Waals surface area contributed by atoms with Gasteiger partial charge < -0.3 is 25.8 Å². The van der Waals surface area contributed by atoms with Gasteiger partial charge in [0, 0.05) is 35.5 Å². The number of benzene rings is 4. The molecule has 2 aliphatic heterocycles. The summed E-state index contributed by atoms with van der Waals surface area (Å²) in [5.74, 6) is -9.95. The first kappa shape index (κ1) is 55.2. The molecule has 398 valence electrons. The van der Waals surface area contributed by atoms with Gasteiger partial charge in [-0.25, -0.2) is 9.37 Å². The Bertz CT molecular complexity index is 3340. The summed E-state index contributed by atoms with van der Waals surface area (Å²) in [6.45, 7) is 10.6. The van der Waals surface area contributed by atoms with Gasteiger partial charge in [-0.2, -0.15) is 27.2 Å². The number of aryl methyl sites for hydroxylation is 1. The van der Waals surface area contributed by atoms with E-state index in [1.807, 2.05) is 31.2 Å². The summed E-state index contributed by atoms with van der Waals surface area (Å²) >= 11 is 7.05. The second kappa shape index (κ2) is 21.2. The van der Waals surface area contributed by atoms with Gasteiger partial charge in [-0.1, -0.05) is 69.3 Å². The molecule has 3 N–H and O–H groups in total. The summed E-state index contributed by atoms with van der Waals surface area (Å²) in [6, 6.07) is 21.7. The molecule has 0 aliphatic carbocycles. The normalized spacial score (nSPS) is 16.0. The summed E-state index contributed by atoms with van der Waals surface area (Å²) in [5, 5.41) is 16.7. The van der Waals surface area contributed by atoms with Crippen molar-refractivity contribution in [2.24, 2.45) is 5.41 Å². The maximum Gasteiger partial charge on any atom is 0.420 e. The Morgan fingerprint density at radius 3 is 2.14 bits per heavy atom. The number of pyridine rings is 1. The van der Waals surface area contributed by atoms with E-state index in [-0.39, 0.29) is 34.5 Å². The number of thiocarbonyl (C=S) groups is 1. The Labute approximate surface area is 448 Å². The van der Waals surface area contributed by atoms with Gasteiger partial charge in [0.05, 0.1) is 51.0 Å². The Kier molecular flexibility index (Phi) is 15.2. The van der Waals surface area contributed by atoms with Crippen molar-refractivity contribution in [2.75, 3.05) is 21.7 Å². The summed E-state index contributed by atoms with van der Waals surface area (Å²) in [4.78, 5) is 81.1. The molecular formula is C55H49F6N9O5S2. The molecule has 4 heterocycles. The first-order chi connectivity index (χ1) is 36.2. The highest BCUT2D eigenvalue weighted by Crippen LogP contribution is 2.42. The number of carbonyl (C=O) groups excluding carboxylic acids is 5. The van der Waals surface area contributed by atoms with Gasteiger partial charge in [-0.15, -0.1) is 11.3 Å². The maximum atomic E-state index is 15.7. The van der Waals surface area contributed by atoms with Gasteiger partial charge in [-0.3, -0.25) is 33.9 Å². The standard InChI is InChI=1S/C55H49F6N9O5S2/c1-30-44(77-29-65-30)33-11-9-31(10-12-33)27-64-47(72)41-8-7-25-68(41)48(73)45(52(2,3)4)67-46(71)34-13-18-36(19-14-34)54(57,58)49(74)66-37-20-15-32(16-21-37)39-23-22-38(28-63-39)70-51(76)69(50(75)53(70,5)6)40-24-17-35(26-62)42(43(40)56)55(59,60)61/h9-24,28-29,41,45H,7-8,25,27H2,1-6H3,(H,64,72)(H,66,74)(H,67,71)/t41-,45+/m0/s1. The smallest absolute Gasteiger partial charge is 0.350 e. The van der Waals surface area contributed by atoms with Gasteiger partial charge in [0.1, 0.15) is 23.2 Å². The summed E-state index contributed by atoms with van der Waals surface area (Å²) in [6.07, 6.45) is -2.93. The van der Waals surface area contributed by atoms with Crippen LogP contribution >= 0.6 is 23.6 Å². The third-order valence-electron chi connectivity index (χ3n) is 13.3. The second-order valence-electron chi connectivity index (χ2n) is 20.0. The molecular weight excluding hydrogens is 1040 g/mol. The van der Waals surface area contributed by atoms with Crippen LogP contribution in [0.3, 0.4) is 0 Å². The number of likely N-dealkylation sites (tertiary alicyclic amines) is 1. The molecule has 0 bridgehead atoms. The highest BCUT2D eigenvalue weighted by Gasteiger charge is 2.52. The molecule has 0 spiro atoms. The van der Waals surface area contributed by atoms with Gasteiger partial charge >= 0.3 is 12.1 Å². The maximum absolute atomic E-state index is 15.7. The molecule has 6 aromatic rings. The second-order valence-corrected chi connectivity index (χ2v) is 21.2. The highest BCUT2D eigenvalue weighted by atomic mass is 32.1. The minimum absolute atomic E-state index is 0.000981. The molecule has 2 saturated heterocycles. The van der Waals surface area contributed by atoms with Crippen molar-refractivity contribution in [2.45, 2.75) is 90.7 Å². The van der Waals surface area contributed by atoms with Crippen molar-refractivity contribution in [1.82, 2.24) is 25.5 Å². The first-order valence-electron chi connectivity index (χ1n) is 24.0. The molecule has 2 aliphatic rings. The molecule has 5 amide bonds. The third-order valence-corrected chi connectivity index (χ3v) is 14.7. The van der Waals surface area contributed by atoms with E-state index in [2.05, 4.69) is 25.9 Å². The minimum atomic E-state index is -5.25. The monoisotopic (exact) mass is 1090 g/mol. The van der Waals surface area contributed by atoms with Crippen LogP contribution in [0.15, 0.2) is 109 Å². The van der Waals surface area contributed by atoms with E-state index in [0.29, 0.717) is 35.5 Å². The number of aromatic nitrogens is 2. The van der Waals surface area contributed by atoms with E-state index in [0.717, 1.165) is 58.1 Å². The summed E-state index contributed by atoms with van der Waals surface area (Å²) < 4.78 is 88.3. The number of rotatable bonds is 13. The molecule has 0 radical (unpaired) electrons. The van der Waals surface area contributed by atoms with Crippen molar-refractivity contribution in [3.63, 3.8) is 0 Å². The lowest BCUT2D eigenvalue weighted by atomic mass is 9.85.